The zero-order chi connectivity index (χ0) is 8.48. The lowest BCUT2D eigenvalue weighted by Crippen LogP contribution is -2.43. The Morgan fingerprint density at radius 2 is 1.64 bits per heavy atom. The van der Waals surface area contributed by atoms with Gasteiger partial charge in [-0.05, 0) is 0 Å². The summed E-state index contributed by atoms with van der Waals surface area (Å²) in [6.45, 7) is -0.658. The van der Waals surface area contributed by atoms with Crippen LogP contribution in [0.15, 0.2) is 0 Å². The van der Waals surface area contributed by atoms with Crippen LogP contribution >= 0.6 is 0 Å². The van der Waals surface area contributed by atoms with Crippen molar-refractivity contribution in [3.05, 3.63) is 0 Å². The summed E-state index contributed by atoms with van der Waals surface area (Å²) in [5, 5.41) is 8.68. The molecule has 0 spiro atoms. The van der Waals surface area contributed by atoms with E-state index < -0.39 is 18.6 Å². The molecule has 0 radical (unpaired) electrons. The van der Waals surface area contributed by atoms with E-state index in [0.717, 1.165) is 0 Å². The molecule has 1 saturated heterocycles. The number of aliphatic hydroxyl groups excluding tert-OH is 1. The second-order valence-electron chi connectivity index (χ2n) is 2.19. The van der Waals surface area contributed by atoms with Gasteiger partial charge in [-0.25, -0.2) is 0 Å². The van der Waals surface area contributed by atoms with E-state index in [1.807, 2.05) is 0 Å². The van der Waals surface area contributed by atoms with Crippen LogP contribution < -0.4 is 0 Å². The number of alkyl halides is 3. The van der Waals surface area contributed by atoms with E-state index in [-0.39, 0.29) is 13.2 Å². The van der Waals surface area contributed by atoms with Gasteiger partial charge in [-0.1, -0.05) is 0 Å². The first-order valence-electron chi connectivity index (χ1n) is 2.98. The molecule has 0 atom stereocenters. The highest BCUT2D eigenvalue weighted by Gasteiger charge is 2.44. The first kappa shape index (κ1) is 8.76. The summed E-state index contributed by atoms with van der Waals surface area (Å²) in [7, 11) is 0. The molecule has 1 rings (SSSR count). The number of ether oxygens (including phenoxy) is 2. The first-order valence-corrected chi connectivity index (χ1v) is 2.98. The third-order valence-corrected chi connectivity index (χ3v) is 1.15. The van der Waals surface area contributed by atoms with Crippen LogP contribution in [-0.4, -0.2) is 36.9 Å². The Bertz CT molecular complexity index is 127. The molecule has 0 aromatic heterocycles. The maximum absolute atomic E-state index is 11.7. The Hall–Kier alpha value is -0.330. The van der Waals surface area contributed by atoms with Crippen molar-refractivity contribution < 1.29 is 27.8 Å². The Morgan fingerprint density at radius 3 is 2.00 bits per heavy atom. The van der Waals surface area contributed by atoms with Gasteiger partial charge in [0, 0.05) is 0 Å². The molecule has 0 amide bonds. The lowest BCUT2D eigenvalue weighted by Gasteiger charge is -2.27. The molecule has 3 nitrogen and oxygen atoms in total. The Morgan fingerprint density at radius 1 is 1.18 bits per heavy atom. The fourth-order valence-electron chi connectivity index (χ4n) is 0.682. The average molecular weight is 172 g/mol. The lowest BCUT2D eigenvalue weighted by molar-refractivity contribution is -0.338. The fraction of sp³-hybridized carbons (Fsp3) is 1.00. The fourth-order valence-corrected chi connectivity index (χ4v) is 0.682. The zero-order valence-electron chi connectivity index (χ0n) is 5.47. The molecule has 0 aromatic carbocycles. The van der Waals surface area contributed by atoms with Crippen molar-refractivity contribution >= 4 is 0 Å². The van der Waals surface area contributed by atoms with Crippen LogP contribution in [0.25, 0.3) is 0 Å². The second kappa shape index (κ2) is 2.96. The van der Waals surface area contributed by atoms with Gasteiger partial charge in [0.2, 0.25) is 0 Å². The minimum atomic E-state index is -4.50. The highest BCUT2D eigenvalue weighted by molar-refractivity contribution is 4.65. The van der Waals surface area contributed by atoms with Gasteiger partial charge in [0.1, 0.15) is 6.10 Å². The van der Waals surface area contributed by atoms with Crippen molar-refractivity contribution in [2.45, 2.75) is 18.6 Å². The largest absolute Gasteiger partial charge is 0.440 e. The molecule has 0 saturated carbocycles. The lowest BCUT2D eigenvalue weighted by atomic mass is 10.4. The van der Waals surface area contributed by atoms with E-state index in [1.165, 1.54) is 0 Å². The third kappa shape index (κ3) is 2.32. The van der Waals surface area contributed by atoms with Gasteiger partial charge in [-0.3, -0.25) is 0 Å². The molecule has 66 valence electrons. The molecule has 1 aliphatic heterocycles. The summed E-state index contributed by atoms with van der Waals surface area (Å²) in [5.41, 5.74) is 0. The second-order valence-corrected chi connectivity index (χ2v) is 2.19. The zero-order valence-corrected chi connectivity index (χ0v) is 5.47. The Labute approximate surface area is 60.7 Å². The summed E-state index contributed by atoms with van der Waals surface area (Å²) in [5.74, 6) is 0. The Balaban J connectivity index is 2.39. The van der Waals surface area contributed by atoms with Gasteiger partial charge in [-0.15, -0.1) is 0 Å². The van der Waals surface area contributed by atoms with E-state index >= 15 is 0 Å². The number of rotatable bonds is 0. The van der Waals surface area contributed by atoms with E-state index in [0.29, 0.717) is 0 Å². The van der Waals surface area contributed by atoms with E-state index in [4.69, 9.17) is 5.11 Å². The molecule has 1 heterocycles. The smallest absolute Gasteiger partial charge is 0.388 e. The van der Waals surface area contributed by atoms with E-state index in [1.54, 1.807) is 0 Å². The maximum Gasteiger partial charge on any atom is 0.440 e. The van der Waals surface area contributed by atoms with Crippen LogP contribution in [0.4, 0.5) is 13.2 Å². The van der Waals surface area contributed by atoms with Crippen LogP contribution in [0.5, 0.6) is 0 Å². The monoisotopic (exact) mass is 172 g/mol. The van der Waals surface area contributed by atoms with Gasteiger partial charge in [-0.2, -0.15) is 13.2 Å². The van der Waals surface area contributed by atoms with Gasteiger partial charge < -0.3 is 14.6 Å². The highest BCUT2D eigenvalue weighted by atomic mass is 19.4. The van der Waals surface area contributed by atoms with Gasteiger partial charge in [0.15, 0.2) is 0 Å². The average Bonchev–Trinajstić information content (AvgIpc) is 1.86. The molecule has 1 fully saturated rings. The van der Waals surface area contributed by atoms with Crippen LogP contribution in [0.2, 0.25) is 0 Å². The van der Waals surface area contributed by atoms with Crippen molar-refractivity contribution in [3.8, 4) is 0 Å². The van der Waals surface area contributed by atoms with Crippen LogP contribution in [0, 0.1) is 0 Å². The number of halogens is 3. The van der Waals surface area contributed by atoms with Crippen LogP contribution in [0.3, 0.4) is 0 Å². The van der Waals surface area contributed by atoms with E-state index in [9.17, 15) is 13.2 Å². The van der Waals surface area contributed by atoms with E-state index in [2.05, 4.69) is 9.47 Å². The molecular weight excluding hydrogens is 165 g/mol. The molecule has 6 heteroatoms. The van der Waals surface area contributed by atoms with Gasteiger partial charge >= 0.3 is 6.18 Å². The summed E-state index contributed by atoms with van der Waals surface area (Å²) < 4.78 is 43.5. The normalized spacial score (nSPS) is 33.8. The number of hydrogen-bond donors (Lipinski definition) is 1. The first-order chi connectivity index (χ1) is 5.00. The van der Waals surface area contributed by atoms with Crippen molar-refractivity contribution in [2.75, 3.05) is 13.2 Å². The molecule has 1 aliphatic rings. The third-order valence-electron chi connectivity index (χ3n) is 1.15. The molecule has 0 bridgehead atoms. The molecule has 1 N–H and O–H groups in total. The van der Waals surface area contributed by atoms with Crippen LogP contribution in [0.1, 0.15) is 0 Å². The summed E-state index contributed by atoms with van der Waals surface area (Å²) in [4.78, 5) is 0. The molecule has 0 unspecified atom stereocenters. The minimum absolute atomic E-state index is 0.329. The maximum atomic E-state index is 11.7. The predicted octanol–water partition coefficient (Wildman–Crippen LogP) is 0.282. The van der Waals surface area contributed by atoms with Gasteiger partial charge in [0.25, 0.3) is 6.29 Å². The van der Waals surface area contributed by atoms with Crippen LogP contribution in [-0.2, 0) is 9.47 Å². The topological polar surface area (TPSA) is 38.7 Å². The molecule has 11 heavy (non-hydrogen) atoms. The highest BCUT2D eigenvalue weighted by Crippen LogP contribution is 2.25. The van der Waals surface area contributed by atoms with Crippen molar-refractivity contribution in [1.82, 2.24) is 0 Å². The SMILES string of the molecule is OC1COC(C(F)(F)F)OC1. The summed E-state index contributed by atoms with van der Waals surface area (Å²) in [6, 6.07) is 0. The van der Waals surface area contributed by atoms with Crippen molar-refractivity contribution in [3.63, 3.8) is 0 Å². The summed E-state index contributed by atoms with van der Waals surface area (Å²) >= 11 is 0. The number of hydrogen-bond acceptors (Lipinski definition) is 3. The van der Waals surface area contributed by atoms with Crippen molar-refractivity contribution in [1.29, 1.82) is 0 Å². The number of aliphatic hydroxyl groups is 1. The molecular formula is C5H7F3O3. The standard InChI is InChI=1S/C5H7F3O3/c6-5(7,8)4-10-1-3(9)2-11-4/h3-4,9H,1-2H2. The minimum Gasteiger partial charge on any atom is -0.388 e. The quantitative estimate of drug-likeness (QED) is 0.570. The summed E-state index contributed by atoms with van der Waals surface area (Å²) in [6.07, 6.45) is -7.63. The molecule has 0 aliphatic carbocycles. The van der Waals surface area contributed by atoms with Crippen molar-refractivity contribution in [2.24, 2.45) is 0 Å². The Kier molecular flexibility index (Phi) is 2.36. The van der Waals surface area contributed by atoms with Gasteiger partial charge in [0.05, 0.1) is 13.2 Å². The predicted molar refractivity (Wildman–Crippen MR) is 27.8 cm³/mol. The molecule has 0 aromatic rings.